The predicted molar refractivity (Wildman–Crippen MR) is 100 cm³/mol. The number of aromatic amines is 1. The first-order valence-corrected chi connectivity index (χ1v) is 8.33. The van der Waals surface area contributed by atoms with Crippen LogP contribution < -0.4 is 10.3 Å². The van der Waals surface area contributed by atoms with Crippen LogP contribution in [-0.4, -0.2) is 34.9 Å². The Morgan fingerprint density at radius 3 is 2.77 bits per heavy atom. The number of aromatic nitrogens is 2. The SMILES string of the molecule is COc1cc(CC(=O)N(C)Cc2nc3ccccc3c(=O)[nH]2)ccc1C. The topological polar surface area (TPSA) is 75.3 Å². The molecule has 0 radical (unpaired) electrons. The molecule has 0 aliphatic heterocycles. The number of carbonyl (C=O) groups is 1. The van der Waals surface area contributed by atoms with E-state index in [0.29, 0.717) is 16.7 Å². The molecule has 1 N–H and O–H groups in total. The first-order chi connectivity index (χ1) is 12.5. The van der Waals surface area contributed by atoms with E-state index in [1.807, 2.05) is 31.2 Å². The highest BCUT2D eigenvalue weighted by molar-refractivity contribution is 5.79. The minimum Gasteiger partial charge on any atom is -0.496 e. The van der Waals surface area contributed by atoms with Gasteiger partial charge in [0, 0.05) is 7.05 Å². The fourth-order valence-electron chi connectivity index (χ4n) is 2.81. The maximum Gasteiger partial charge on any atom is 0.258 e. The van der Waals surface area contributed by atoms with Crippen molar-refractivity contribution in [1.82, 2.24) is 14.9 Å². The molecular weight excluding hydrogens is 330 g/mol. The molecular formula is C20H21N3O3. The number of hydrogen-bond acceptors (Lipinski definition) is 4. The van der Waals surface area contributed by atoms with Crippen molar-refractivity contribution < 1.29 is 9.53 Å². The van der Waals surface area contributed by atoms with Gasteiger partial charge in [-0.1, -0.05) is 24.3 Å². The van der Waals surface area contributed by atoms with Crippen LogP contribution in [0.25, 0.3) is 10.9 Å². The number of benzene rings is 2. The zero-order chi connectivity index (χ0) is 18.7. The lowest BCUT2D eigenvalue weighted by Crippen LogP contribution is -2.29. The number of H-pyrrole nitrogens is 1. The average Bonchev–Trinajstić information content (AvgIpc) is 2.63. The van der Waals surface area contributed by atoms with Gasteiger partial charge in [-0.2, -0.15) is 0 Å². The molecule has 26 heavy (non-hydrogen) atoms. The van der Waals surface area contributed by atoms with Crippen LogP contribution in [-0.2, 0) is 17.8 Å². The van der Waals surface area contributed by atoms with E-state index in [4.69, 9.17) is 4.74 Å². The number of methoxy groups -OCH3 is 1. The highest BCUT2D eigenvalue weighted by Gasteiger charge is 2.13. The molecule has 0 bridgehead atoms. The second kappa shape index (κ2) is 7.39. The summed E-state index contributed by atoms with van der Waals surface area (Å²) in [5.41, 5.74) is 2.32. The highest BCUT2D eigenvalue weighted by Crippen LogP contribution is 2.19. The standard InChI is InChI=1S/C20H21N3O3/c1-13-8-9-14(10-17(13)26-3)11-19(24)23(2)12-18-21-16-7-5-4-6-15(16)20(25)22-18/h4-10H,11-12H2,1-3H3,(H,21,22,25). The lowest BCUT2D eigenvalue weighted by molar-refractivity contribution is -0.129. The van der Waals surface area contributed by atoms with Crippen molar-refractivity contribution in [3.63, 3.8) is 0 Å². The molecule has 0 aliphatic carbocycles. The van der Waals surface area contributed by atoms with E-state index in [0.717, 1.165) is 16.9 Å². The maximum absolute atomic E-state index is 12.5. The van der Waals surface area contributed by atoms with Crippen molar-refractivity contribution in [2.45, 2.75) is 19.9 Å². The lowest BCUT2D eigenvalue weighted by Gasteiger charge is -2.17. The number of carbonyl (C=O) groups excluding carboxylic acids is 1. The monoisotopic (exact) mass is 351 g/mol. The van der Waals surface area contributed by atoms with Crippen molar-refractivity contribution in [1.29, 1.82) is 0 Å². The summed E-state index contributed by atoms with van der Waals surface area (Å²) in [6, 6.07) is 12.9. The summed E-state index contributed by atoms with van der Waals surface area (Å²) < 4.78 is 5.30. The molecule has 0 aliphatic rings. The number of likely N-dealkylation sites (N-methyl/N-ethyl adjacent to an activating group) is 1. The highest BCUT2D eigenvalue weighted by atomic mass is 16.5. The Labute approximate surface area is 151 Å². The number of nitrogens with one attached hydrogen (secondary N) is 1. The molecule has 134 valence electrons. The number of para-hydroxylation sites is 1. The molecule has 1 heterocycles. The van der Waals surface area contributed by atoms with Crippen LogP contribution in [0.2, 0.25) is 0 Å². The summed E-state index contributed by atoms with van der Waals surface area (Å²) in [7, 11) is 3.31. The van der Waals surface area contributed by atoms with Gasteiger partial charge in [0.15, 0.2) is 0 Å². The van der Waals surface area contributed by atoms with Crippen LogP contribution in [0, 0.1) is 6.92 Å². The van der Waals surface area contributed by atoms with E-state index < -0.39 is 0 Å². The van der Waals surface area contributed by atoms with Crippen molar-refractivity contribution in [2.24, 2.45) is 0 Å². The van der Waals surface area contributed by atoms with Gasteiger partial charge in [-0.3, -0.25) is 9.59 Å². The Hall–Kier alpha value is -3.15. The maximum atomic E-state index is 12.5. The van der Waals surface area contributed by atoms with Crippen LogP contribution in [0.1, 0.15) is 17.0 Å². The third-order valence-electron chi connectivity index (χ3n) is 4.30. The third-order valence-corrected chi connectivity index (χ3v) is 4.30. The Kier molecular flexibility index (Phi) is 5.02. The first-order valence-electron chi connectivity index (χ1n) is 8.33. The van der Waals surface area contributed by atoms with Crippen LogP contribution in [0.3, 0.4) is 0 Å². The molecule has 3 aromatic rings. The van der Waals surface area contributed by atoms with Gasteiger partial charge in [-0.15, -0.1) is 0 Å². The summed E-state index contributed by atoms with van der Waals surface area (Å²) in [5, 5.41) is 0.539. The fraction of sp³-hybridized carbons (Fsp3) is 0.250. The molecule has 0 spiro atoms. The smallest absolute Gasteiger partial charge is 0.258 e. The van der Waals surface area contributed by atoms with E-state index >= 15 is 0 Å². The zero-order valence-electron chi connectivity index (χ0n) is 15.1. The predicted octanol–water partition coefficient (Wildman–Crippen LogP) is 2.44. The lowest BCUT2D eigenvalue weighted by atomic mass is 10.1. The summed E-state index contributed by atoms with van der Waals surface area (Å²) in [6.07, 6.45) is 0.255. The normalized spacial score (nSPS) is 10.7. The number of rotatable bonds is 5. The Morgan fingerprint density at radius 2 is 2.00 bits per heavy atom. The number of aryl methyl sites for hydroxylation is 1. The molecule has 3 rings (SSSR count). The van der Waals surface area contributed by atoms with E-state index in [-0.39, 0.29) is 24.4 Å². The van der Waals surface area contributed by atoms with Gasteiger partial charge in [-0.05, 0) is 36.2 Å². The first kappa shape index (κ1) is 17.7. The van der Waals surface area contributed by atoms with E-state index in [2.05, 4.69) is 9.97 Å². The van der Waals surface area contributed by atoms with Crippen LogP contribution in [0.5, 0.6) is 5.75 Å². The molecule has 6 heteroatoms. The summed E-state index contributed by atoms with van der Waals surface area (Å²) in [5.74, 6) is 1.16. The van der Waals surface area contributed by atoms with Gasteiger partial charge in [0.05, 0.1) is 31.0 Å². The molecule has 2 aromatic carbocycles. The van der Waals surface area contributed by atoms with E-state index in [1.54, 1.807) is 37.3 Å². The van der Waals surface area contributed by atoms with E-state index in [9.17, 15) is 9.59 Å². The van der Waals surface area contributed by atoms with Crippen LogP contribution in [0.15, 0.2) is 47.3 Å². The molecule has 0 unspecified atom stereocenters. The van der Waals surface area contributed by atoms with Gasteiger partial charge < -0.3 is 14.6 Å². The molecule has 1 aromatic heterocycles. The molecule has 0 saturated carbocycles. The van der Waals surface area contributed by atoms with Crippen molar-refractivity contribution in [3.05, 3.63) is 69.8 Å². The van der Waals surface area contributed by atoms with Gasteiger partial charge in [0.25, 0.3) is 5.56 Å². The number of fused-ring (bicyclic) bond motifs is 1. The number of nitrogens with zero attached hydrogens (tertiary/aromatic N) is 2. The molecule has 6 nitrogen and oxygen atoms in total. The molecule has 1 amide bonds. The average molecular weight is 351 g/mol. The van der Waals surface area contributed by atoms with Gasteiger partial charge >= 0.3 is 0 Å². The summed E-state index contributed by atoms with van der Waals surface area (Å²) in [6.45, 7) is 2.19. The zero-order valence-corrected chi connectivity index (χ0v) is 15.1. The molecule has 0 fully saturated rings. The summed E-state index contributed by atoms with van der Waals surface area (Å²) >= 11 is 0. The third kappa shape index (κ3) is 3.74. The number of amides is 1. The fourth-order valence-corrected chi connectivity index (χ4v) is 2.81. The number of ether oxygens (including phenoxy) is 1. The van der Waals surface area contributed by atoms with Crippen molar-refractivity contribution >= 4 is 16.8 Å². The second-order valence-corrected chi connectivity index (χ2v) is 6.26. The molecule has 0 saturated heterocycles. The summed E-state index contributed by atoms with van der Waals surface area (Å²) in [4.78, 5) is 33.4. The van der Waals surface area contributed by atoms with E-state index in [1.165, 1.54) is 0 Å². The quantitative estimate of drug-likeness (QED) is 0.766. The van der Waals surface area contributed by atoms with Crippen molar-refractivity contribution in [3.8, 4) is 5.75 Å². The minimum absolute atomic E-state index is 0.0632. The Morgan fingerprint density at radius 1 is 1.23 bits per heavy atom. The van der Waals surface area contributed by atoms with Gasteiger partial charge in [-0.25, -0.2) is 4.98 Å². The van der Waals surface area contributed by atoms with Crippen molar-refractivity contribution in [2.75, 3.05) is 14.2 Å². The Balaban J connectivity index is 1.74. The molecule has 0 atom stereocenters. The Bertz CT molecular complexity index is 1010. The van der Waals surface area contributed by atoms with Crippen LogP contribution in [0.4, 0.5) is 0 Å². The largest absolute Gasteiger partial charge is 0.496 e. The minimum atomic E-state index is -0.199. The van der Waals surface area contributed by atoms with Gasteiger partial charge in [0.2, 0.25) is 5.91 Å². The van der Waals surface area contributed by atoms with Gasteiger partial charge in [0.1, 0.15) is 11.6 Å². The van der Waals surface area contributed by atoms with Crippen LogP contribution >= 0.6 is 0 Å². The number of hydrogen-bond donors (Lipinski definition) is 1. The second-order valence-electron chi connectivity index (χ2n) is 6.26.